The fourth-order valence-electron chi connectivity index (χ4n) is 3.38. The SMILES string of the molecule is C[C@@H](NC(=O)c1cc(-c2ccc(C(F)(F)F)cc2)nc2c1cnn2C)c1ccccc1. The number of nitrogens with one attached hydrogen (secondary N) is 1. The van der Waals surface area contributed by atoms with Crippen molar-refractivity contribution in [2.24, 2.45) is 7.05 Å². The maximum atomic E-state index is 13.1. The van der Waals surface area contributed by atoms with Gasteiger partial charge in [-0.15, -0.1) is 0 Å². The first-order valence-corrected chi connectivity index (χ1v) is 9.60. The van der Waals surface area contributed by atoms with Crippen LogP contribution in [0.4, 0.5) is 13.2 Å². The predicted molar refractivity (Wildman–Crippen MR) is 111 cm³/mol. The number of carbonyl (C=O) groups is 1. The first-order chi connectivity index (χ1) is 14.7. The number of nitrogens with zero attached hydrogens (tertiary/aromatic N) is 3. The molecule has 5 nitrogen and oxygen atoms in total. The Morgan fingerprint density at radius 1 is 1.06 bits per heavy atom. The molecule has 0 aliphatic carbocycles. The number of fused-ring (bicyclic) bond motifs is 1. The van der Waals surface area contributed by atoms with E-state index in [-0.39, 0.29) is 11.9 Å². The van der Waals surface area contributed by atoms with E-state index in [0.717, 1.165) is 17.7 Å². The summed E-state index contributed by atoms with van der Waals surface area (Å²) < 4.78 is 40.2. The van der Waals surface area contributed by atoms with Crippen molar-refractivity contribution in [3.8, 4) is 11.3 Å². The normalized spacial score (nSPS) is 12.7. The van der Waals surface area contributed by atoms with Gasteiger partial charge in [0.05, 0.1) is 34.4 Å². The lowest BCUT2D eigenvalue weighted by Crippen LogP contribution is -2.27. The number of rotatable bonds is 4. The van der Waals surface area contributed by atoms with Crippen molar-refractivity contribution in [1.82, 2.24) is 20.1 Å². The molecule has 31 heavy (non-hydrogen) atoms. The number of aryl methyl sites for hydroxylation is 1. The van der Waals surface area contributed by atoms with E-state index in [1.807, 2.05) is 37.3 Å². The van der Waals surface area contributed by atoms with Gasteiger partial charge in [0.25, 0.3) is 5.91 Å². The van der Waals surface area contributed by atoms with Crippen LogP contribution >= 0.6 is 0 Å². The van der Waals surface area contributed by atoms with Crippen LogP contribution in [0.25, 0.3) is 22.3 Å². The van der Waals surface area contributed by atoms with Crippen LogP contribution in [0.2, 0.25) is 0 Å². The lowest BCUT2D eigenvalue weighted by atomic mass is 10.0. The number of aromatic nitrogens is 3. The average molecular weight is 424 g/mol. The third-order valence-corrected chi connectivity index (χ3v) is 5.10. The highest BCUT2D eigenvalue weighted by atomic mass is 19.4. The smallest absolute Gasteiger partial charge is 0.345 e. The molecule has 4 aromatic rings. The Morgan fingerprint density at radius 3 is 2.39 bits per heavy atom. The number of hydrogen-bond acceptors (Lipinski definition) is 3. The lowest BCUT2D eigenvalue weighted by Gasteiger charge is -2.15. The van der Waals surface area contributed by atoms with Gasteiger partial charge in [0.15, 0.2) is 5.65 Å². The van der Waals surface area contributed by atoms with Gasteiger partial charge in [-0.25, -0.2) is 4.98 Å². The Labute approximate surface area is 176 Å². The molecule has 2 heterocycles. The van der Waals surface area contributed by atoms with Gasteiger partial charge in [0.2, 0.25) is 0 Å². The Kier molecular flexibility index (Phi) is 5.22. The van der Waals surface area contributed by atoms with Crippen molar-refractivity contribution in [2.45, 2.75) is 19.1 Å². The summed E-state index contributed by atoms with van der Waals surface area (Å²) in [5, 5.41) is 7.72. The van der Waals surface area contributed by atoms with Crippen molar-refractivity contribution < 1.29 is 18.0 Å². The Morgan fingerprint density at radius 2 is 1.74 bits per heavy atom. The molecule has 2 aromatic carbocycles. The first-order valence-electron chi connectivity index (χ1n) is 9.60. The summed E-state index contributed by atoms with van der Waals surface area (Å²) in [6.45, 7) is 1.88. The zero-order valence-electron chi connectivity index (χ0n) is 16.8. The van der Waals surface area contributed by atoms with Crippen LogP contribution in [-0.4, -0.2) is 20.7 Å². The maximum absolute atomic E-state index is 13.1. The van der Waals surface area contributed by atoms with Gasteiger partial charge in [-0.3, -0.25) is 9.48 Å². The topological polar surface area (TPSA) is 59.8 Å². The molecule has 0 aliphatic heterocycles. The van der Waals surface area contributed by atoms with Gasteiger partial charge in [-0.05, 0) is 30.7 Å². The molecule has 0 radical (unpaired) electrons. The number of carbonyl (C=O) groups excluding carboxylic acids is 1. The van der Waals surface area contributed by atoms with Crippen LogP contribution in [0.5, 0.6) is 0 Å². The Hall–Kier alpha value is -3.68. The molecule has 0 saturated carbocycles. The van der Waals surface area contributed by atoms with Crippen LogP contribution in [0, 0.1) is 0 Å². The molecular formula is C23H19F3N4O. The third kappa shape index (κ3) is 4.14. The average Bonchev–Trinajstić information content (AvgIpc) is 3.14. The highest BCUT2D eigenvalue weighted by Crippen LogP contribution is 2.31. The van der Waals surface area contributed by atoms with Crippen molar-refractivity contribution in [1.29, 1.82) is 0 Å². The summed E-state index contributed by atoms with van der Waals surface area (Å²) in [6.07, 6.45) is -2.86. The summed E-state index contributed by atoms with van der Waals surface area (Å²) >= 11 is 0. The zero-order chi connectivity index (χ0) is 22.2. The minimum Gasteiger partial charge on any atom is -0.345 e. The third-order valence-electron chi connectivity index (χ3n) is 5.10. The van der Waals surface area contributed by atoms with Crippen LogP contribution in [0.1, 0.15) is 34.5 Å². The Bertz CT molecular complexity index is 1230. The lowest BCUT2D eigenvalue weighted by molar-refractivity contribution is -0.137. The number of hydrogen-bond donors (Lipinski definition) is 1. The molecule has 0 saturated heterocycles. The molecular weight excluding hydrogens is 405 g/mol. The molecule has 1 N–H and O–H groups in total. The van der Waals surface area contributed by atoms with Gasteiger partial charge in [-0.2, -0.15) is 18.3 Å². The fraction of sp³-hybridized carbons (Fsp3) is 0.174. The van der Waals surface area contributed by atoms with Gasteiger partial charge < -0.3 is 5.32 Å². The summed E-state index contributed by atoms with van der Waals surface area (Å²) in [5.74, 6) is -0.315. The summed E-state index contributed by atoms with van der Waals surface area (Å²) in [6, 6.07) is 15.6. The minimum absolute atomic E-state index is 0.233. The Balaban J connectivity index is 1.73. The molecule has 0 unspecified atom stereocenters. The highest BCUT2D eigenvalue weighted by Gasteiger charge is 2.30. The van der Waals surface area contributed by atoms with Gasteiger partial charge in [0.1, 0.15) is 0 Å². The first kappa shape index (κ1) is 20.6. The van der Waals surface area contributed by atoms with E-state index >= 15 is 0 Å². The molecule has 4 rings (SSSR count). The molecule has 1 amide bonds. The van der Waals surface area contributed by atoms with E-state index in [2.05, 4.69) is 15.4 Å². The summed E-state index contributed by atoms with van der Waals surface area (Å²) in [7, 11) is 1.69. The zero-order valence-corrected chi connectivity index (χ0v) is 16.8. The van der Waals surface area contributed by atoms with Crippen LogP contribution < -0.4 is 5.32 Å². The van der Waals surface area contributed by atoms with E-state index in [9.17, 15) is 18.0 Å². The molecule has 0 bridgehead atoms. The van der Waals surface area contributed by atoms with Crippen molar-refractivity contribution in [3.63, 3.8) is 0 Å². The number of alkyl halides is 3. The van der Waals surface area contributed by atoms with E-state index < -0.39 is 11.7 Å². The largest absolute Gasteiger partial charge is 0.416 e. The van der Waals surface area contributed by atoms with Gasteiger partial charge >= 0.3 is 6.18 Å². The molecule has 158 valence electrons. The summed E-state index contributed by atoms with van der Waals surface area (Å²) in [4.78, 5) is 17.6. The second-order valence-electron chi connectivity index (χ2n) is 7.24. The van der Waals surface area contributed by atoms with Crippen LogP contribution in [0.15, 0.2) is 66.9 Å². The molecule has 1 atom stereocenters. The highest BCUT2D eigenvalue weighted by molar-refractivity contribution is 6.06. The standard InChI is InChI=1S/C23H19F3N4O/c1-14(15-6-4-3-5-7-15)28-22(31)18-12-20(29-21-19(18)13-27-30(21)2)16-8-10-17(11-9-16)23(24,25)26/h3-14H,1-2H3,(H,28,31)/t14-/m1/s1. The van der Waals surface area contributed by atoms with Crippen molar-refractivity contribution in [3.05, 3.63) is 83.6 Å². The van der Waals surface area contributed by atoms with Crippen molar-refractivity contribution >= 4 is 16.9 Å². The number of amides is 1. The predicted octanol–water partition coefficient (Wildman–Crippen LogP) is 5.15. The number of pyridine rings is 1. The second kappa shape index (κ2) is 7.86. The number of benzene rings is 2. The quantitative estimate of drug-likeness (QED) is 0.493. The molecule has 0 fully saturated rings. The van der Waals surface area contributed by atoms with E-state index in [1.54, 1.807) is 19.3 Å². The molecule has 8 heteroatoms. The number of halogens is 3. The molecule has 0 spiro atoms. The van der Waals surface area contributed by atoms with E-state index in [4.69, 9.17) is 0 Å². The second-order valence-corrected chi connectivity index (χ2v) is 7.24. The van der Waals surface area contributed by atoms with E-state index in [0.29, 0.717) is 27.9 Å². The molecule has 0 aliphatic rings. The fourth-order valence-corrected chi connectivity index (χ4v) is 3.38. The maximum Gasteiger partial charge on any atom is 0.416 e. The monoisotopic (exact) mass is 424 g/mol. The van der Waals surface area contributed by atoms with Crippen LogP contribution in [-0.2, 0) is 13.2 Å². The minimum atomic E-state index is -4.42. The van der Waals surface area contributed by atoms with Gasteiger partial charge in [-0.1, -0.05) is 42.5 Å². The summed E-state index contributed by atoms with van der Waals surface area (Å²) in [5.41, 5.74) is 1.90. The van der Waals surface area contributed by atoms with Crippen LogP contribution in [0.3, 0.4) is 0 Å². The molecule has 2 aromatic heterocycles. The van der Waals surface area contributed by atoms with E-state index in [1.165, 1.54) is 16.8 Å². The van der Waals surface area contributed by atoms with Crippen molar-refractivity contribution in [2.75, 3.05) is 0 Å². The van der Waals surface area contributed by atoms with Gasteiger partial charge in [0, 0.05) is 12.6 Å².